The number of aromatic nitrogens is 1. The molecule has 0 saturated carbocycles. The average Bonchev–Trinajstić information content (AvgIpc) is 2.83. The summed E-state index contributed by atoms with van der Waals surface area (Å²) in [4.78, 5) is 4.14. The van der Waals surface area contributed by atoms with Crippen molar-refractivity contribution in [2.24, 2.45) is 5.73 Å². The van der Waals surface area contributed by atoms with Gasteiger partial charge in [-0.3, -0.25) is 0 Å². The Labute approximate surface area is 95.6 Å². The zero-order valence-corrected chi connectivity index (χ0v) is 9.66. The van der Waals surface area contributed by atoms with Crippen molar-refractivity contribution in [1.29, 1.82) is 0 Å². The van der Waals surface area contributed by atoms with E-state index < -0.39 is 0 Å². The van der Waals surface area contributed by atoms with E-state index in [1.165, 1.54) is 0 Å². The molecular formula is C10H11BrN2O2. The number of hydrogen-bond donors (Lipinski definition) is 1. The van der Waals surface area contributed by atoms with E-state index in [9.17, 15) is 0 Å². The monoisotopic (exact) mass is 270 g/mol. The topological polar surface area (TPSA) is 65.2 Å². The molecule has 0 spiro atoms. The Morgan fingerprint density at radius 1 is 1.27 bits per heavy atom. The Bertz CT molecular complexity index is 436. The molecule has 2 heterocycles. The van der Waals surface area contributed by atoms with Gasteiger partial charge in [0.25, 0.3) is 0 Å². The molecule has 80 valence electrons. The van der Waals surface area contributed by atoms with Crippen LogP contribution in [0.2, 0.25) is 0 Å². The third kappa shape index (κ3) is 2.49. The van der Waals surface area contributed by atoms with Gasteiger partial charge in [0, 0.05) is 6.42 Å². The van der Waals surface area contributed by atoms with Crippen molar-refractivity contribution in [2.45, 2.75) is 12.8 Å². The number of halogens is 1. The molecule has 0 aliphatic rings. The minimum Gasteiger partial charge on any atom is -0.446 e. The Hall–Kier alpha value is -1.07. The van der Waals surface area contributed by atoms with Crippen molar-refractivity contribution in [3.05, 3.63) is 28.9 Å². The first kappa shape index (κ1) is 10.4. The van der Waals surface area contributed by atoms with E-state index in [1.807, 2.05) is 12.1 Å². The summed E-state index contributed by atoms with van der Waals surface area (Å²) in [6.45, 7) is 0.643. The molecule has 2 aromatic rings. The molecule has 0 aliphatic heterocycles. The van der Waals surface area contributed by atoms with Gasteiger partial charge in [0.1, 0.15) is 0 Å². The van der Waals surface area contributed by atoms with Crippen LogP contribution in [0.15, 0.2) is 31.8 Å². The number of oxazole rings is 1. The summed E-state index contributed by atoms with van der Waals surface area (Å²) in [7, 11) is 0. The van der Waals surface area contributed by atoms with Gasteiger partial charge in [-0.1, -0.05) is 0 Å². The molecular weight excluding hydrogens is 260 g/mol. The average molecular weight is 271 g/mol. The van der Waals surface area contributed by atoms with Crippen LogP contribution in [0.5, 0.6) is 0 Å². The van der Waals surface area contributed by atoms with Crippen molar-refractivity contribution < 1.29 is 8.83 Å². The van der Waals surface area contributed by atoms with Crippen LogP contribution in [0.25, 0.3) is 11.5 Å². The Morgan fingerprint density at radius 3 is 2.80 bits per heavy atom. The summed E-state index contributed by atoms with van der Waals surface area (Å²) in [6, 6.07) is 3.65. The lowest BCUT2D eigenvalue weighted by Gasteiger charge is -1.91. The van der Waals surface area contributed by atoms with E-state index in [4.69, 9.17) is 14.6 Å². The summed E-state index contributed by atoms with van der Waals surface area (Å²) in [6.07, 6.45) is 3.30. The second-order valence-electron chi connectivity index (χ2n) is 3.11. The van der Waals surface area contributed by atoms with Gasteiger partial charge in [0.2, 0.25) is 0 Å². The highest BCUT2D eigenvalue weighted by Crippen LogP contribution is 2.25. The van der Waals surface area contributed by atoms with Crippen LogP contribution in [0.3, 0.4) is 0 Å². The molecule has 4 nitrogen and oxygen atoms in total. The second-order valence-corrected chi connectivity index (χ2v) is 3.90. The number of aryl methyl sites for hydroxylation is 1. The zero-order valence-electron chi connectivity index (χ0n) is 8.07. The lowest BCUT2D eigenvalue weighted by molar-refractivity contribution is 0.472. The molecule has 0 amide bonds. The van der Waals surface area contributed by atoms with E-state index in [0.717, 1.165) is 12.8 Å². The Balaban J connectivity index is 2.13. The molecule has 0 bridgehead atoms. The second kappa shape index (κ2) is 4.63. The molecule has 0 aliphatic carbocycles. The van der Waals surface area contributed by atoms with Gasteiger partial charge in [-0.15, -0.1) is 0 Å². The van der Waals surface area contributed by atoms with Gasteiger partial charge in [0.05, 0.1) is 6.20 Å². The largest absolute Gasteiger partial charge is 0.446 e. The number of nitrogens with zero attached hydrogens (tertiary/aromatic N) is 1. The maximum atomic E-state index is 5.50. The van der Waals surface area contributed by atoms with Gasteiger partial charge in [-0.25, -0.2) is 4.98 Å². The minimum atomic E-state index is 0.643. The van der Waals surface area contributed by atoms with Crippen LogP contribution in [-0.4, -0.2) is 11.5 Å². The number of rotatable bonds is 4. The summed E-state index contributed by atoms with van der Waals surface area (Å²) in [5, 5.41) is 0. The molecule has 15 heavy (non-hydrogen) atoms. The SMILES string of the molecule is NCCCc1ncc(-c2ccc(Br)o2)o1. The first-order valence-corrected chi connectivity index (χ1v) is 5.49. The maximum absolute atomic E-state index is 5.50. The first-order chi connectivity index (χ1) is 7.29. The third-order valence-corrected chi connectivity index (χ3v) is 2.39. The zero-order chi connectivity index (χ0) is 10.7. The fourth-order valence-electron chi connectivity index (χ4n) is 1.24. The Morgan fingerprint density at radius 2 is 2.13 bits per heavy atom. The smallest absolute Gasteiger partial charge is 0.195 e. The van der Waals surface area contributed by atoms with E-state index in [2.05, 4.69) is 20.9 Å². The van der Waals surface area contributed by atoms with Crippen LogP contribution >= 0.6 is 15.9 Å². The maximum Gasteiger partial charge on any atom is 0.195 e. The highest BCUT2D eigenvalue weighted by molar-refractivity contribution is 9.10. The molecule has 2 rings (SSSR count). The van der Waals surface area contributed by atoms with Gasteiger partial charge in [-0.2, -0.15) is 0 Å². The van der Waals surface area contributed by atoms with Crippen LogP contribution in [0, 0.1) is 0 Å². The number of furan rings is 1. The summed E-state index contributed by atoms with van der Waals surface area (Å²) < 4.78 is 11.5. The summed E-state index contributed by atoms with van der Waals surface area (Å²) in [5.41, 5.74) is 5.40. The fraction of sp³-hybridized carbons (Fsp3) is 0.300. The van der Waals surface area contributed by atoms with Crippen LogP contribution in [-0.2, 0) is 6.42 Å². The normalized spacial score (nSPS) is 10.8. The number of nitrogens with two attached hydrogens (primary N) is 1. The lowest BCUT2D eigenvalue weighted by Crippen LogP contribution is -2.00. The third-order valence-electron chi connectivity index (χ3n) is 1.96. The van der Waals surface area contributed by atoms with Gasteiger partial charge < -0.3 is 14.6 Å². The molecule has 0 fully saturated rings. The Kier molecular flexibility index (Phi) is 3.23. The molecule has 2 aromatic heterocycles. The van der Waals surface area contributed by atoms with E-state index in [1.54, 1.807) is 6.20 Å². The molecule has 0 aromatic carbocycles. The van der Waals surface area contributed by atoms with E-state index in [-0.39, 0.29) is 0 Å². The highest BCUT2D eigenvalue weighted by atomic mass is 79.9. The van der Waals surface area contributed by atoms with Crippen molar-refractivity contribution in [3.8, 4) is 11.5 Å². The predicted octanol–water partition coefficient (Wildman–Crippen LogP) is 2.59. The van der Waals surface area contributed by atoms with Crippen molar-refractivity contribution in [2.75, 3.05) is 6.54 Å². The summed E-state index contributed by atoms with van der Waals surface area (Å²) >= 11 is 3.23. The van der Waals surface area contributed by atoms with Crippen LogP contribution in [0.4, 0.5) is 0 Å². The van der Waals surface area contributed by atoms with Gasteiger partial charge in [0.15, 0.2) is 22.1 Å². The van der Waals surface area contributed by atoms with Crippen molar-refractivity contribution in [1.82, 2.24) is 4.98 Å². The van der Waals surface area contributed by atoms with Gasteiger partial charge in [-0.05, 0) is 41.0 Å². The van der Waals surface area contributed by atoms with E-state index in [0.29, 0.717) is 28.6 Å². The summed E-state index contributed by atoms with van der Waals surface area (Å²) in [5.74, 6) is 2.02. The van der Waals surface area contributed by atoms with E-state index >= 15 is 0 Å². The minimum absolute atomic E-state index is 0.643. The molecule has 0 unspecified atom stereocenters. The quantitative estimate of drug-likeness (QED) is 0.928. The van der Waals surface area contributed by atoms with Gasteiger partial charge >= 0.3 is 0 Å². The lowest BCUT2D eigenvalue weighted by atomic mass is 10.3. The molecule has 0 radical (unpaired) electrons. The standard InChI is InChI=1S/C10H11BrN2O2/c11-9-4-3-7(14-9)8-6-13-10(15-8)2-1-5-12/h3-4,6H,1-2,5,12H2. The highest BCUT2D eigenvalue weighted by Gasteiger charge is 2.09. The molecule has 2 N–H and O–H groups in total. The van der Waals surface area contributed by atoms with Crippen molar-refractivity contribution >= 4 is 15.9 Å². The molecule has 0 atom stereocenters. The van der Waals surface area contributed by atoms with Crippen LogP contribution in [0.1, 0.15) is 12.3 Å². The van der Waals surface area contributed by atoms with Crippen molar-refractivity contribution in [3.63, 3.8) is 0 Å². The predicted molar refractivity (Wildman–Crippen MR) is 59.3 cm³/mol. The first-order valence-electron chi connectivity index (χ1n) is 4.70. The van der Waals surface area contributed by atoms with Crippen LogP contribution < -0.4 is 5.73 Å². The number of hydrogen-bond acceptors (Lipinski definition) is 4. The molecule has 5 heteroatoms. The molecule has 0 saturated heterocycles. The fourth-order valence-corrected chi connectivity index (χ4v) is 1.55.